The van der Waals surface area contributed by atoms with Crippen molar-refractivity contribution in [2.24, 2.45) is 11.8 Å². The number of anilines is 6. The fraction of sp³-hybridized carbons (Fsp3) is 0.258. The van der Waals surface area contributed by atoms with E-state index < -0.39 is 10.1 Å². The van der Waals surface area contributed by atoms with Gasteiger partial charge in [-0.25, -0.2) is 0 Å². The second-order valence-electron chi connectivity index (χ2n) is 19.8. The van der Waals surface area contributed by atoms with Crippen molar-refractivity contribution in [3.63, 3.8) is 0 Å². The maximum Gasteiger partial charge on any atom is 1.00 e. The van der Waals surface area contributed by atoms with Gasteiger partial charge in [0.15, 0.2) is 0 Å². The quantitative estimate of drug-likeness (QED) is 0.0149. The van der Waals surface area contributed by atoms with Crippen molar-refractivity contribution in [3.8, 4) is 22.3 Å². The van der Waals surface area contributed by atoms with Crippen LogP contribution in [0, 0.1) is 18.8 Å². The van der Waals surface area contributed by atoms with E-state index in [0.717, 1.165) is 129 Å². The van der Waals surface area contributed by atoms with Crippen LogP contribution in [-0.2, 0) is 30.5 Å². The summed E-state index contributed by atoms with van der Waals surface area (Å²) in [5.41, 5.74) is 14.9. The number of nitrogens with zero attached hydrogens (tertiary/aromatic N) is 7. The van der Waals surface area contributed by atoms with Crippen LogP contribution in [0.4, 0.5) is 34.1 Å². The van der Waals surface area contributed by atoms with Gasteiger partial charge in [0.1, 0.15) is 11.0 Å². The van der Waals surface area contributed by atoms with Gasteiger partial charge in [0.2, 0.25) is 0 Å². The molecule has 2 unspecified atom stereocenters. The minimum absolute atomic E-state index is 0. The minimum atomic E-state index is -3.61. The molecule has 13 nitrogen and oxygen atoms in total. The molecule has 2 atom stereocenters. The van der Waals surface area contributed by atoms with Crippen LogP contribution in [0.3, 0.4) is 0 Å². The monoisotopic (exact) mass is 1200 g/mol. The molecule has 0 N–H and O–H groups in total. The van der Waals surface area contributed by atoms with E-state index in [-0.39, 0.29) is 122 Å². The molecule has 2 aromatic heterocycles. The van der Waals surface area contributed by atoms with Crippen LogP contribution in [0.5, 0.6) is 0 Å². The zero-order chi connectivity index (χ0) is 57.0. The van der Waals surface area contributed by atoms with Crippen LogP contribution in [0.15, 0.2) is 199 Å². The number of hydrogen-bond donors (Lipinski definition) is 0. The van der Waals surface area contributed by atoms with Crippen molar-refractivity contribution in [1.29, 1.82) is 0 Å². The van der Waals surface area contributed by atoms with E-state index in [1.54, 1.807) is 24.3 Å². The fourth-order valence-electron chi connectivity index (χ4n) is 9.82. The van der Waals surface area contributed by atoms with Gasteiger partial charge in [0, 0.05) is 56.3 Å². The minimum Gasteiger partial charge on any atom is -1.00 e. The summed E-state index contributed by atoms with van der Waals surface area (Å²) >= 11 is 1.24. The van der Waals surface area contributed by atoms with Crippen molar-refractivity contribution in [1.82, 2.24) is 23.7 Å². The molecule has 0 fully saturated rings. The van der Waals surface area contributed by atoms with Gasteiger partial charge in [0.05, 0.1) is 18.0 Å². The van der Waals surface area contributed by atoms with Gasteiger partial charge >= 0.3 is 103 Å². The summed E-state index contributed by atoms with van der Waals surface area (Å²) in [6.45, 7) is 11.5. The Labute approximate surface area is 580 Å². The molecule has 2 heterocycles. The van der Waals surface area contributed by atoms with Crippen LogP contribution in [-0.4, -0.2) is 40.9 Å². The number of hydrogen-bond acceptors (Lipinski definition) is 11. The first-order valence-electron chi connectivity index (χ1n) is 27.8. The fourth-order valence-corrected chi connectivity index (χ4v) is 11.4. The Morgan fingerprint density at radius 2 is 0.976 bits per heavy atom. The molecule has 17 heteroatoms. The van der Waals surface area contributed by atoms with Crippen LogP contribution in [0.1, 0.15) is 86.1 Å². The summed E-state index contributed by atoms with van der Waals surface area (Å²) in [5.74, 6) is 0.813. The summed E-state index contributed by atoms with van der Waals surface area (Å²) < 4.78 is 39.2. The van der Waals surface area contributed by atoms with Crippen molar-refractivity contribution >= 4 is 84.5 Å². The van der Waals surface area contributed by atoms with E-state index >= 15 is 0 Å². The van der Waals surface area contributed by atoms with Crippen molar-refractivity contribution in [2.75, 3.05) is 16.4 Å². The van der Waals surface area contributed by atoms with E-state index in [1.165, 1.54) is 24.6 Å². The largest absolute Gasteiger partial charge is 1.00 e. The Kier molecular flexibility index (Phi) is 27.9. The number of benzene rings is 8. The predicted molar refractivity (Wildman–Crippen MR) is 328 cm³/mol. The Morgan fingerprint density at radius 1 is 0.578 bits per heavy atom. The van der Waals surface area contributed by atoms with E-state index in [0.29, 0.717) is 11.8 Å². The number of aryl methyl sites for hydroxylation is 1. The Bertz CT molecular complexity index is 3370. The van der Waals surface area contributed by atoms with Crippen LogP contribution in [0.2, 0.25) is 0 Å². The van der Waals surface area contributed by atoms with E-state index in [9.17, 15) is 8.42 Å². The molecular weight excluding hydrogens is 1130 g/mol. The van der Waals surface area contributed by atoms with Gasteiger partial charge in [0.25, 0.3) is 28.3 Å². The summed E-state index contributed by atoms with van der Waals surface area (Å²) in [5, 5.41) is 19.0. The summed E-state index contributed by atoms with van der Waals surface area (Å²) in [6.07, 6.45) is 8.83. The second kappa shape index (κ2) is 34.4. The number of fused-ring (bicyclic) bond motifs is 2. The first-order chi connectivity index (χ1) is 39.6. The molecule has 0 saturated carbocycles. The standard InChI is InChI=1S/C50H45N7S.C15H24O3S.CH2O3.2K.H/c1-3-5-18-36(4-2)35-55-51-47-45(37-27-31-43(32-28-37)56(39-19-10-6-11-20-39)40-21-12-7-13-22-40)49-50(54-58-53-49)46(48(47)52-55)38-29-33-44(34-30-38)57(41-23-14-8-15-24-41)42-25-16-9-17-26-42;1-4-6-7-14(5-2)12-18-19(16,17)15-10-8-13(3)9-11-15;2-1-4-3;;;/h6-17,19-34,36H,3-5,18,35H2,1-2H3;8-11,14H,4-7,12H2,1-3H3;1,3H;;;/q;;;2*+1;-1/p-1. The molecule has 8 aromatic carbocycles. The number of aromatic nitrogens is 5. The van der Waals surface area contributed by atoms with E-state index in [4.69, 9.17) is 33.2 Å². The summed E-state index contributed by atoms with van der Waals surface area (Å²) in [7, 11) is -3.61. The molecule has 420 valence electrons. The van der Waals surface area contributed by atoms with Gasteiger partial charge in [-0.15, -0.1) is 0 Å². The average Bonchev–Trinajstić information content (AvgIpc) is 1.83. The molecule has 0 saturated heterocycles. The van der Waals surface area contributed by atoms with Crippen LogP contribution in [0.25, 0.3) is 44.3 Å². The molecule has 10 rings (SSSR count). The molecule has 83 heavy (non-hydrogen) atoms. The van der Waals surface area contributed by atoms with Crippen molar-refractivity contribution in [2.45, 2.75) is 97.4 Å². The van der Waals surface area contributed by atoms with Gasteiger partial charge in [-0.1, -0.05) is 181 Å². The normalized spacial score (nSPS) is 11.6. The molecule has 0 bridgehead atoms. The smallest absolute Gasteiger partial charge is 1.00 e. The van der Waals surface area contributed by atoms with E-state index in [2.05, 4.69) is 212 Å². The van der Waals surface area contributed by atoms with Crippen LogP contribution >= 0.6 is 11.7 Å². The first kappa shape index (κ1) is 67.3. The molecular formula is C66H71K2N7O6S2. The third-order valence-electron chi connectivity index (χ3n) is 14.3. The molecule has 0 amide bonds. The Balaban J connectivity index is 0.000000421. The Hall–Kier alpha value is -4.81. The van der Waals surface area contributed by atoms with Gasteiger partial charge in [-0.2, -0.15) is 32.2 Å². The SMILES string of the molecule is CCCCC(CC)COS(=O)(=O)c1ccc(C)cc1.CCCCC(CC)Cn1nc2c(-c3ccc(N(c4ccccc4)c4ccccc4)cc3)c3n[s+][n-]c3c(-c3ccc(N(c4ccccc4)c4ccccc4)cc3)c2n1.O=CO[O-].[H-].[K+].[K+]. The summed E-state index contributed by atoms with van der Waals surface area (Å²) in [6, 6.07) is 66.2. The average molecular weight is 1200 g/mol. The summed E-state index contributed by atoms with van der Waals surface area (Å²) in [4.78, 5) is 18.0. The zero-order valence-electron chi connectivity index (χ0n) is 49.7. The number of para-hydroxylation sites is 4. The predicted octanol–water partition coefficient (Wildman–Crippen LogP) is 10.2. The van der Waals surface area contributed by atoms with Crippen LogP contribution < -0.4 is 122 Å². The molecule has 0 aliphatic carbocycles. The maximum atomic E-state index is 12.0. The third kappa shape index (κ3) is 17.9. The molecule has 0 aliphatic rings. The molecule has 0 spiro atoms. The van der Waals surface area contributed by atoms with Crippen molar-refractivity contribution < 1.29 is 132 Å². The second-order valence-corrected chi connectivity index (χ2v) is 22.0. The Morgan fingerprint density at radius 3 is 1.39 bits per heavy atom. The molecule has 10 aromatic rings. The molecule has 0 radical (unpaired) electrons. The van der Waals surface area contributed by atoms with Gasteiger partial charge in [-0.05, 0) is 128 Å². The number of rotatable bonds is 23. The van der Waals surface area contributed by atoms with E-state index in [1.807, 2.05) is 11.7 Å². The first-order valence-corrected chi connectivity index (χ1v) is 30.0. The van der Waals surface area contributed by atoms with Gasteiger partial charge in [-0.3, -0.25) is 8.98 Å². The number of unbranched alkanes of at least 4 members (excludes halogenated alkanes) is 2. The third-order valence-corrected chi connectivity index (χ3v) is 16.1. The number of carbonyl (C=O) groups excluding carboxylic acids is 1. The topological polar surface area (TPSA) is 157 Å². The molecule has 0 aliphatic heterocycles. The number of carbonyl (C=O) groups is 1. The van der Waals surface area contributed by atoms with Gasteiger partial charge < -0.3 is 21.4 Å². The zero-order valence-corrected chi connectivity index (χ0v) is 56.6. The van der Waals surface area contributed by atoms with Crippen molar-refractivity contribution in [3.05, 3.63) is 200 Å². The maximum absolute atomic E-state index is 12.0.